The number of thioether (sulfide) groups is 1. The van der Waals surface area contributed by atoms with Crippen LogP contribution in [0.5, 0.6) is 0 Å². The van der Waals surface area contributed by atoms with Gasteiger partial charge >= 0.3 is 6.03 Å². The van der Waals surface area contributed by atoms with Gasteiger partial charge in [0.2, 0.25) is 0 Å². The zero-order valence-electron chi connectivity index (χ0n) is 17.9. The van der Waals surface area contributed by atoms with Gasteiger partial charge in [-0.1, -0.05) is 24.3 Å². The van der Waals surface area contributed by atoms with Gasteiger partial charge in [-0.2, -0.15) is 0 Å². The molecule has 1 N–H and O–H groups in total. The molecular weight excluding hydrogens is 394 g/mol. The number of carbonyl (C=O) groups is 2. The number of amides is 3. The number of urea groups is 1. The molecule has 5 nitrogen and oxygen atoms in total. The Balaban J connectivity index is 1.42. The topological polar surface area (TPSA) is 52.7 Å². The van der Waals surface area contributed by atoms with Crippen molar-refractivity contribution in [2.45, 2.75) is 38.5 Å². The molecule has 2 aliphatic rings. The Morgan fingerprint density at radius 2 is 1.67 bits per heavy atom. The lowest BCUT2D eigenvalue weighted by molar-refractivity contribution is 0.0585. The molecule has 4 rings (SSSR count). The number of anilines is 1. The van der Waals surface area contributed by atoms with Crippen molar-refractivity contribution in [2.24, 2.45) is 0 Å². The van der Waals surface area contributed by atoms with Gasteiger partial charge < -0.3 is 15.1 Å². The van der Waals surface area contributed by atoms with Crippen LogP contribution in [0.25, 0.3) is 0 Å². The highest BCUT2D eigenvalue weighted by atomic mass is 32.2. The number of benzene rings is 2. The summed E-state index contributed by atoms with van der Waals surface area (Å²) in [6.07, 6.45) is 1.60. The molecule has 2 saturated heterocycles. The van der Waals surface area contributed by atoms with E-state index < -0.39 is 0 Å². The summed E-state index contributed by atoms with van der Waals surface area (Å²) in [6, 6.07) is 13.7. The first-order chi connectivity index (χ1) is 14.4. The Morgan fingerprint density at radius 1 is 0.933 bits per heavy atom. The lowest BCUT2D eigenvalue weighted by atomic mass is 10.00. The van der Waals surface area contributed by atoms with Crippen LogP contribution in [0.1, 0.15) is 39.9 Å². The Bertz CT molecular complexity index is 967. The van der Waals surface area contributed by atoms with E-state index in [1.54, 1.807) is 0 Å². The van der Waals surface area contributed by atoms with Crippen LogP contribution in [0.2, 0.25) is 0 Å². The predicted octanol–water partition coefficient (Wildman–Crippen LogP) is 4.83. The SMILES string of the molecule is Cc1ccc(NC(=O)N2CCC3(CC2)SCCN3C(=O)c2ccccc2C)cc1C. The highest BCUT2D eigenvalue weighted by molar-refractivity contribution is 8.00. The molecule has 30 heavy (non-hydrogen) atoms. The fourth-order valence-electron chi connectivity index (χ4n) is 4.35. The smallest absolute Gasteiger partial charge is 0.321 e. The van der Waals surface area contributed by atoms with Crippen molar-refractivity contribution in [3.8, 4) is 0 Å². The van der Waals surface area contributed by atoms with Gasteiger partial charge in [-0.3, -0.25) is 4.79 Å². The summed E-state index contributed by atoms with van der Waals surface area (Å²) in [6.45, 7) is 8.18. The monoisotopic (exact) mass is 423 g/mol. The Kier molecular flexibility index (Phi) is 5.78. The highest BCUT2D eigenvalue weighted by Crippen LogP contribution is 2.44. The fraction of sp³-hybridized carbons (Fsp3) is 0.417. The quantitative estimate of drug-likeness (QED) is 0.753. The van der Waals surface area contributed by atoms with Crippen molar-refractivity contribution in [3.63, 3.8) is 0 Å². The third kappa shape index (κ3) is 3.93. The number of rotatable bonds is 2. The number of likely N-dealkylation sites (tertiary alicyclic amines) is 1. The summed E-state index contributed by atoms with van der Waals surface area (Å²) in [7, 11) is 0. The molecule has 2 aliphatic heterocycles. The second kappa shape index (κ2) is 8.34. The van der Waals surface area contributed by atoms with Gasteiger partial charge in [-0.25, -0.2) is 4.79 Å². The first kappa shape index (κ1) is 20.8. The second-order valence-corrected chi connectivity index (χ2v) is 9.74. The van der Waals surface area contributed by atoms with Crippen molar-refractivity contribution in [1.82, 2.24) is 9.80 Å². The number of nitrogens with zero attached hydrogens (tertiary/aromatic N) is 2. The Labute approximate surface area is 182 Å². The number of piperidine rings is 1. The molecule has 2 heterocycles. The Hall–Kier alpha value is -2.47. The van der Waals surface area contributed by atoms with Crippen LogP contribution in [-0.2, 0) is 0 Å². The zero-order valence-corrected chi connectivity index (χ0v) is 18.7. The number of nitrogens with one attached hydrogen (secondary N) is 1. The van der Waals surface area contributed by atoms with Crippen LogP contribution in [-0.4, -0.2) is 52.0 Å². The van der Waals surface area contributed by atoms with Crippen LogP contribution >= 0.6 is 11.8 Å². The van der Waals surface area contributed by atoms with E-state index in [-0.39, 0.29) is 16.8 Å². The second-order valence-electron chi connectivity index (χ2n) is 8.28. The van der Waals surface area contributed by atoms with Crippen molar-refractivity contribution in [3.05, 3.63) is 64.7 Å². The summed E-state index contributed by atoms with van der Waals surface area (Å²) in [5, 5.41) is 3.03. The predicted molar refractivity (Wildman–Crippen MR) is 123 cm³/mol. The standard InChI is InChI=1S/C24H29N3O2S/c1-17-8-9-20(16-19(17)3)25-23(29)26-12-10-24(11-13-26)27(14-15-30-24)22(28)21-7-5-4-6-18(21)2/h4-9,16H,10-15H2,1-3H3,(H,25,29). The van der Waals surface area contributed by atoms with E-state index in [0.717, 1.165) is 47.5 Å². The molecule has 0 atom stereocenters. The van der Waals surface area contributed by atoms with Crippen molar-refractivity contribution >= 4 is 29.4 Å². The van der Waals surface area contributed by atoms with Gasteiger partial charge in [-0.15, -0.1) is 11.8 Å². The fourth-order valence-corrected chi connectivity index (χ4v) is 5.80. The highest BCUT2D eigenvalue weighted by Gasteiger charge is 2.47. The van der Waals surface area contributed by atoms with Crippen LogP contribution < -0.4 is 5.32 Å². The van der Waals surface area contributed by atoms with Crippen LogP contribution in [0.15, 0.2) is 42.5 Å². The largest absolute Gasteiger partial charge is 0.324 e. The van der Waals surface area contributed by atoms with Gasteiger partial charge in [0.15, 0.2) is 0 Å². The van der Waals surface area contributed by atoms with Crippen LogP contribution in [0.3, 0.4) is 0 Å². The molecule has 0 aliphatic carbocycles. The summed E-state index contributed by atoms with van der Waals surface area (Å²) in [5.74, 6) is 1.07. The summed E-state index contributed by atoms with van der Waals surface area (Å²) < 4.78 is 0. The van der Waals surface area contributed by atoms with Crippen molar-refractivity contribution in [2.75, 3.05) is 30.7 Å². The maximum absolute atomic E-state index is 13.3. The zero-order chi connectivity index (χ0) is 21.3. The first-order valence-corrected chi connectivity index (χ1v) is 11.5. The Morgan fingerprint density at radius 3 is 2.37 bits per heavy atom. The maximum atomic E-state index is 13.3. The molecule has 0 saturated carbocycles. The normalized spacial score (nSPS) is 18.0. The average Bonchev–Trinajstić information content (AvgIpc) is 3.14. The molecule has 0 radical (unpaired) electrons. The summed E-state index contributed by atoms with van der Waals surface area (Å²) >= 11 is 1.87. The minimum absolute atomic E-state index is 0.0621. The summed E-state index contributed by atoms with van der Waals surface area (Å²) in [5.41, 5.74) is 5.01. The van der Waals surface area contributed by atoms with E-state index in [1.165, 1.54) is 5.56 Å². The van der Waals surface area contributed by atoms with E-state index in [4.69, 9.17) is 0 Å². The number of carbonyl (C=O) groups excluding carboxylic acids is 2. The van der Waals surface area contributed by atoms with E-state index in [0.29, 0.717) is 13.1 Å². The minimum Gasteiger partial charge on any atom is -0.324 e. The van der Waals surface area contributed by atoms with E-state index in [1.807, 2.05) is 73.0 Å². The lowest BCUT2D eigenvalue weighted by Crippen LogP contribution is -2.54. The molecule has 3 amide bonds. The van der Waals surface area contributed by atoms with Gasteiger partial charge in [0.05, 0.1) is 4.87 Å². The van der Waals surface area contributed by atoms with Gasteiger partial charge in [0.1, 0.15) is 0 Å². The maximum Gasteiger partial charge on any atom is 0.321 e. The first-order valence-electron chi connectivity index (χ1n) is 10.5. The van der Waals surface area contributed by atoms with E-state index in [2.05, 4.69) is 17.1 Å². The molecular formula is C24H29N3O2S. The van der Waals surface area contributed by atoms with Crippen molar-refractivity contribution < 1.29 is 9.59 Å². The average molecular weight is 424 g/mol. The number of hydrogen-bond donors (Lipinski definition) is 1. The minimum atomic E-state index is -0.198. The molecule has 0 unspecified atom stereocenters. The van der Waals surface area contributed by atoms with Crippen LogP contribution in [0, 0.1) is 20.8 Å². The molecule has 2 fully saturated rings. The number of aryl methyl sites for hydroxylation is 3. The lowest BCUT2D eigenvalue weighted by Gasteiger charge is -2.44. The molecule has 0 aromatic heterocycles. The molecule has 158 valence electrons. The molecule has 1 spiro atoms. The van der Waals surface area contributed by atoms with Gasteiger partial charge in [-0.05, 0) is 68.5 Å². The van der Waals surface area contributed by atoms with Gasteiger partial charge in [0.25, 0.3) is 5.91 Å². The molecule has 0 bridgehead atoms. The molecule has 2 aromatic carbocycles. The third-order valence-corrected chi connectivity index (χ3v) is 7.94. The van der Waals surface area contributed by atoms with Gasteiger partial charge in [0, 0.05) is 36.6 Å². The number of hydrogen-bond acceptors (Lipinski definition) is 3. The molecule has 6 heteroatoms. The third-order valence-electron chi connectivity index (χ3n) is 6.39. The summed E-state index contributed by atoms with van der Waals surface area (Å²) in [4.78, 5) is 29.8. The van der Waals surface area contributed by atoms with Crippen LogP contribution in [0.4, 0.5) is 10.5 Å². The van der Waals surface area contributed by atoms with E-state index in [9.17, 15) is 9.59 Å². The van der Waals surface area contributed by atoms with Crippen molar-refractivity contribution in [1.29, 1.82) is 0 Å². The van der Waals surface area contributed by atoms with E-state index >= 15 is 0 Å². The molecule has 2 aromatic rings.